The van der Waals surface area contributed by atoms with E-state index in [0.717, 1.165) is 41.3 Å². The minimum atomic E-state index is -0.330. The monoisotopic (exact) mass is 455 g/mol. The third-order valence-electron chi connectivity index (χ3n) is 7.14. The molecule has 3 aromatic carbocycles. The molecule has 0 unspecified atom stereocenters. The predicted molar refractivity (Wildman–Crippen MR) is 137 cm³/mol. The maximum Gasteiger partial charge on any atom is 0.144 e. The summed E-state index contributed by atoms with van der Waals surface area (Å²) >= 11 is 0. The van der Waals surface area contributed by atoms with E-state index in [1.165, 1.54) is 17.8 Å². The van der Waals surface area contributed by atoms with Crippen molar-refractivity contribution >= 4 is 28.6 Å². The van der Waals surface area contributed by atoms with E-state index in [1.54, 1.807) is 12.1 Å². The quantitative estimate of drug-likeness (QED) is 0.467. The molecule has 5 heteroatoms. The molecule has 3 atom stereocenters. The van der Waals surface area contributed by atoms with Crippen LogP contribution >= 0.6 is 0 Å². The van der Waals surface area contributed by atoms with Gasteiger partial charge in [0.15, 0.2) is 0 Å². The largest absolute Gasteiger partial charge is 0.375 e. The summed E-state index contributed by atoms with van der Waals surface area (Å²) < 4.78 is 13.5. The highest BCUT2D eigenvalue weighted by Gasteiger charge is 2.41. The van der Waals surface area contributed by atoms with E-state index in [1.807, 2.05) is 24.3 Å². The van der Waals surface area contributed by atoms with Gasteiger partial charge in [-0.25, -0.2) is 4.39 Å². The Bertz CT molecular complexity index is 1200. The summed E-state index contributed by atoms with van der Waals surface area (Å²) in [5.41, 5.74) is 5.95. The Balaban J connectivity index is 1.53. The highest BCUT2D eigenvalue weighted by molar-refractivity contribution is 6.10. The van der Waals surface area contributed by atoms with Crippen LogP contribution in [0.25, 0.3) is 0 Å². The Labute approximate surface area is 200 Å². The summed E-state index contributed by atoms with van der Waals surface area (Å²) in [5.74, 6) is -0.401. The second-order valence-electron chi connectivity index (χ2n) is 9.11. The van der Waals surface area contributed by atoms with Gasteiger partial charge in [0.2, 0.25) is 0 Å². The molecular formula is C29H30FN3O. The SMILES string of the molecule is CCN(CC)c1ccc([C@@H]2Nc3ccccc3N=C3C[C@H](c4ccc(F)cc4)CC(=O)[C@H]32)cc1. The molecule has 2 aliphatic rings. The molecule has 1 aliphatic heterocycles. The maximum atomic E-state index is 13.6. The molecule has 3 aromatic rings. The smallest absolute Gasteiger partial charge is 0.144 e. The van der Waals surface area contributed by atoms with Crippen LogP contribution in [0.2, 0.25) is 0 Å². The van der Waals surface area contributed by atoms with Crippen molar-refractivity contribution in [2.24, 2.45) is 10.9 Å². The number of nitrogens with zero attached hydrogens (tertiary/aromatic N) is 2. The van der Waals surface area contributed by atoms with Crippen LogP contribution in [0.15, 0.2) is 77.8 Å². The molecule has 0 saturated heterocycles. The number of carbonyl (C=O) groups is 1. The lowest BCUT2D eigenvalue weighted by atomic mass is 9.72. The maximum absolute atomic E-state index is 13.6. The van der Waals surface area contributed by atoms with Crippen molar-refractivity contribution in [1.29, 1.82) is 0 Å². The number of aliphatic imine (C=N–C) groups is 1. The summed E-state index contributed by atoms with van der Waals surface area (Å²) in [4.78, 5) is 20.9. The van der Waals surface area contributed by atoms with Crippen LogP contribution in [-0.4, -0.2) is 24.6 Å². The minimum Gasteiger partial charge on any atom is -0.375 e. The van der Waals surface area contributed by atoms with Crippen molar-refractivity contribution < 1.29 is 9.18 Å². The second kappa shape index (κ2) is 9.41. The predicted octanol–water partition coefficient (Wildman–Crippen LogP) is 6.67. The van der Waals surface area contributed by atoms with Crippen molar-refractivity contribution in [2.75, 3.05) is 23.3 Å². The topological polar surface area (TPSA) is 44.7 Å². The van der Waals surface area contributed by atoms with Crippen LogP contribution in [-0.2, 0) is 4.79 Å². The van der Waals surface area contributed by atoms with Gasteiger partial charge in [-0.15, -0.1) is 0 Å². The third kappa shape index (κ3) is 4.23. The van der Waals surface area contributed by atoms with Crippen LogP contribution in [0.4, 0.5) is 21.5 Å². The number of hydrogen-bond acceptors (Lipinski definition) is 4. The van der Waals surface area contributed by atoms with E-state index in [-0.39, 0.29) is 29.5 Å². The summed E-state index contributed by atoms with van der Waals surface area (Å²) in [6.45, 7) is 6.21. The molecule has 1 fully saturated rings. The summed E-state index contributed by atoms with van der Waals surface area (Å²) in [7, 11) is 0. The van der Waals surface area contributed by atoms with E-state index < -0.39 is 0 Å². The molecule has 0 spiro atoms. The Kier molecular flexibility index (Phi) is 6.18. The summed E-state index contributed by atoms with van der Waals surface area (Å²) in [6.07, 6.45) is 1.12. The molecule has 0 amide bonds. The normalized spacial score (nSPS) is 21.6. The van der Waals surface area contributed by atoms with Gasteiger partial charge in [0, 0.05) is 30.9 Å². The highest BCUT2D eigenvalue weighted by atomic mass is 19.1. The number of benzene rings is 3. The van der Waals surface area contributed by atoms with Crippen molar-refractivity contribution in [3.05, 3.63) is 89.7 Å². The van der Waals surface area contributed by atoms with Gasteiger partial charge in [-0.05, 0) is 73.7 Å². The van der Waals surface area contributed by atoms with Crippen LogP contribution in [0, 0.1) is 11.7 Å². The Morgan fingerprint density at radius 3 is 2.29 bits per heavy atom. The van der Waals surface area contributed by atoms with Gasteiger partial charge in [0.05, 0.1) is 23.3 Å². The average molecular weight is 456 g/mol. The fourth-order valence-corrected chi connectivity index (χ4v) is 5.33. The molecule has 1 N–H and O–H groups in total. The number of hydrogen-bond donors (Lipinski definition) is 1. The molecule has 0 bridgehead atoms. The van der Waals surface area contributed by atoms with Gasteiger partial charge < -0.3 is 10.2 Å². The Morgan fingerprint density at radius 2 is 1.59 bits per heavy atom. The standard InChI is InChI=1S/C29H30FN3O/c1-3-33(4-2)23-15-11-20(12-16-23)29-28-26(31-24-7-5-6-8-25(24)32-29)17-21(18-27(28)34)19-9-13-22(30)14-10-19/h5-16,21,28-29,32H,3-4,17-18H2,1-2H3/t21-,28-,29-/m0/s1. The molecule has 0 radical (unpaired) electrons. The van der Waals surface area contributed by atoms with Gasteiger partial charge in [-0.1, -0.05) is 36.4 Å². The molecular weight excluding hydrogens is 425 g/mol. The first-order chi connectivity index (χ1) is 16.6. The Morgan fingerprint density at radius 1 is 0.912 bits per heavy atom. The highest BCUT2D eigenvalue weighted by Crippen LogP contribution is 2.44. The van der Waals surface area contributed by atoms with Crippen molar-refractivity contribution in [1.82, 2.24) is 0 Å². The van der Waals surface area contributed by atoms with Gasteiger partial charge >= 0.3 is 0 Å². The number of rotatable bonds is 5. The van der Waals surface area contributed by atoms with E-state index in [4.69, 9.17) is 4.99 Å². The lowest BCUT2D eigenvalue weighted by molar-refractivity contribution is -0.122. The van der Waals surface area contributed by atoms with Crippen molar-refractivity contribution in [3.63, 3.8) is 0 Å². The van der Waals surface area contributed by atoms with E-state index in [0.29, 0.717) is 12.8 Å². The molecule has 34 heavy (non-hydrogen) atoms. The van der Waals surface area contributed by atoms with Crippen LogP contribution in [0.3, 0.4) is 0 Å². The van der Waals surface area contributed by atoms with Crippen molar-refractivity contribution in [2.45, 2.75) is 38.6 Å². The van der Waals surface area contributed by atoms with Gasteiger partial charge in [0.1, 0.15) is 11.6 Å². The number of Topliss-reactive ketones (excluding diaryl/α,β-unsaturated/α-hetero) is 1. The van der Waals surface area contributed by atoms with Crippen LogP contribution in [0.1, 0.15) is 49.8 Å². The van der Waals surface area contributed by atoms with E-state index >= 15 is 0 Å². The minimum absolute atomic E-state index is 0.0130. The first-order valence-electron chi connectivity index (χ1n) is 12.1. The third-order valence-corrected chi connectivity index (χ3v) is 7.14. The average Bonchev–Trinajstić information content (AvgIpc) is 3.02. The molecule has 4 nitrogen and oxygen atoms in total. The number of nitrogens with one attached hydrogen (secondary N) is 1. The first-order valence-corrected chi connectivity index (χ1v) is 12.1. The Hall–Kier alpha value is -3.47. The lowest BCUT2D eigenvalue weighted by Gasteiger charge is -2.34. The zero-order valence-electron chi connectivity index (χ0n) is 19.7. The fourth-order valence-electron chi connectivity index (χ4n) is 5.33. The lowest BCUT2D eigenvalue weighted by Crippen LogP contribution is -2.38. The second-order valence-corrected chi connectivity index (χ2v) is 9.11. The molecule has 1 aliphatic carbocycles. The van der Waals surface area contributed by atoms with E-state index in [9.17, 15) is 9.18 Å². The van der Waals surface area contributed by atoms with Crippen LogP contribution < -0.4 is 10.2 Å². The zero-order valence-corrected chi connectivity index (χ0v) is 19.7. The molecule has 174 valence electrons. The van der Waals surface area contributed by atoms with Crippen LogP contribution in [0.5, 0.6) is 0 Å². The molecule has 5 rings (SSSR count). The van der Waals surface area contributed by atoms with Gasteiger partial charge in [-0.3, -0.25) is 9.79 Å². The summed E-state index contributed by atoms with van der Waals surface area (Å²) in [5, 5.41) is 3.65. The van der Waals surface area contributed by atoms with E-state index in [2.05, 4.69) is 48.3 Å². The summed E-state index contributed by atoms with van der Waals surface area (Å²) in [6, 6.07) is 22.9. The fraction of sp³-hybridized carbons (Fsp3) is 0.310. The number of ketones is 1. The van der Waals surface area contributed by atoms with Crippen molar-refractivity contribution in [3.8, 4) is 0 Å². The molecule has 0 aromatic heterocycles. The number of halogens is 1. The van der Waals surface area contributed by atoms with Gasteiger partial charge in [-0.2, -0.15) is 0 Å². The number of para-hydroxylation sites is 2. The number of carbonyl (C=O) groups excluding carboxylic acids is 1. The number of anilines is 2. The molecule has 1 heterocycles. The first kappa shape index (κ1) is 22.3. The molecule has 1 saturated carbocycles. The van der Waals surface area contributed by atoms with Gasteiger partial charge in [0.25, 0.3) is 0 Å². The zero-order chi connectivity index (χ0) is 23.7. The number of fused-ring (bicyclic) bond motifs is 2.